The summed E-state index contributed by atoms with van der Waals surface area (Å²) < 4.78 is 0.903. The highest BCUT2D eigenvalue weighted by molar-refractivity contribution is 9.10. The smallest absolute Gasteiger partial charge is 0.109 e. The van der Waals surface area contributed by atoms with Gasteiger partial charge in [0.15, 0.2) is 0 Å². The van der Waals surface area contributed by atoms with Crippen LogP contribution in [0.1, 0.15) is 19.4 Å². The van der Waals surface area contributed by atoms with Crippen molar-refractivity contribution in [2.24, 2.45) is 5.92 Å². The van der Waals surface area contributed by atoms with E-state index in [1.165, 1.54) is 5.56 Å². The molecule has 0 aliphatic heterocycles. The van der Waals surface area contributed by atoms with Crippen LogP contribution in [0.2, 0.25) is 5.02 Å². The van der Waals surface area contributed by atoms with Crippen LogP contribution >= 0.6 is 27.5 Å². The Kier molecular flexibility index (Phi) is 3.53. The Morgan fingerprint density at radius 3 is 2.83 bits per heavy atom. The summed E-state index contributed by atoms with van der Waals surface area (Å²) in [5, 5.41) is 0.703. The first-order valence-corrected chi connectivity index (χ1v) is 5.06. The maximum absolute atomic E-state index is 5.82. The van der Waals surface area contributed by atoms with E-state index in [9.17, 15) is 0 Å². The molecular formula is C9H11BrClN. The van der Waals surface area contributed by atoms with Gasteiger partial charge >= 0.3 is 0 Å². The zero-order valence-electron chi connectivity index (χ0n) is 7.14. The molecule has 0 spiro atoms. The molecule has 0 unspecified atom stereocenters. The predicted octanol–water partition coefficient (Wildman–Crippen LogP) is 3.70. The molecule has 12 heavy (non-hydrogen) atoms. The molecule has 0 aliphatic carbocycles. The third-order valence-corrected chi connectivity index (χ3v) is 2.43. The number of pyridine rings is 1. The number of rotatable bonds is 2. The maximum atomic E-state index is 5.82. The summed E-state index contributed by atoms with van der Waals surface area (Å²) in [4.78, 5) is 4.12. The van der Waals surface area contributed by atoms with Gasteiger partial charge in [0, 0.05) is 6.20 Å². The summed E-state index contributed by atoms with van der Waals surface area (Å²) >= 11 is 9.21. The minimum atomic E-state index is 0.626. The zero-order valence-corrected chi connectivity index (χ0v) is 9.48. The molecule has 0 fully saturated rings. The van der Waals surface area contributed by atoms with Crippen LogP contribution in [0.15, 0.2) is 16.9 Å². The lowest BCUT2D eigenvalue weighted by molar-refractivity contribution is 0.643. The molecule has 0 atom stereocenters. The molecular weight excluding hydrogens is 237 g/mol. The summed E-state index contributed by atoms with van der Waals surface area (Å²) in [6, 6.07) is 1.96. The van der Waals surface area contributed by atoms with Gasteiger partial charge in [-0.3, -0.25) is 0 Å². The molecule has 0 saturated heterocycles. The second-order valence-corrected chi connectivity index (χ2v) is 4.39. The molecule has 0 bridgehead atoms. The fourth-order valence-electron chi connectivity index (χ4n) is 1.05. The first-order valence-electron chi connectivity index (χ1n) is 3.89. The Morgan fingerprint density at radius 2 is 2.25 bits per heavy atom. The minimum absolute atomic E-state index is 0.626. The highest BCUT2D eigenvalue weighted by Crippen LogP contribution is 2.20. The Labute approximate surface area is 86.3 Å². The first-order chi connectivity index (χ1) is 5.59. The van der Waals surface area contributed by atoms with E-state index < -0.39 is 0 Å². The van der Waals surface area contributed by atoms with Crippen molar-refractivity contribution in [1.29, 1.82) is 0 Å². The molecule has 0 amide bonds. The van der Waals surface area contributed by atoms with Crippen molar-refractivity contribution in [3.05, 3.63) is 27.5 Å². The van der Waals surface area contributed by atoms with E-state index in [4.69, 9.17) is 11.6 Å². The fourth-order valence-corrected chi connectivity index (χ4v) is 1.61. The quantitative estimate of drug-likeness (QED) is 0.727. The van der Waals surface area contributed by atoms with Gasteiger partial charge in [0.25, 0.3) is 0 Å². The van der Waals surface area contributed by atoms with E-state index in [1.807, 2.05) is 6.07 Å². The lowest BCUT2D eigenvalue weighted by Crippen LogP contribution is -1.96. The normalized spacial score (nSPS) is 10.8. The van der Waals surface area contributed by atoms with Gasteiger partial charge in [0.1, 0.15) is 4.60 Å². The summed E-state index contributed by atoms with van der Waals surface area (Å²) in [5.41, 5.74) is 1.18. The number of nitrogens with zero attached hydrogens (tertiary/aromatic N) is 1. The van der Waals surface area contributed by atoms with Crippen LogP contribution < -0.4 is 0 Å². The molecule has 1 aromatic rings. The van der Waals surface area contributed by atoms with Gasteiger partial charge in [-0.15, -0.1) is 0 Å². The van der Waals surface area contributed by atoms with Crippen LogP contribution in [0.3, 0.4) is 0 Å². The van der Waals surface area contributed by atoms with E-state index in [1.54, 1.807) is 6.20 Å². The predicted molar refractivity (Wildman–Crippen MR) is 55.5 cm³/mol. The topological polar surface area (TPSA) is 12.9 Å². The third kappa shape index (κ3) is 2.76. The van der Waals surface area contributed by atoms with Gasteiger partial charge in [0.05, 0.1) is 5.02 Å². The summed E-state index contributed by atoms with van der Waals surface area (Å²) in [7, 11) is 0. The van der Waals surface area contributed by atoms with Gasteiger partial charge in [-0.05, 0) is 39.9 Å². The molecule has 66 valence electrons. The van der Waals surface area contributed by atoms with Crippen LogP contribution in [0.25, 0.3) is 0 Å². The van der Waals surface area contributed by atoms with Crippen molar-refractivity contribution in [2.45, 2.75) is 20.3 Å². The van der Waals surface area contributed by atoms with Gasteiger partial charge in [0.2, 0.25) is 0 Å². The molecule has 1 aromatic heterocycles. The summed E-state index contributed by atoms with van der Waals surface area (Å²) in [6.45, 7) is 4.35. The molecule has 0 aliphatic rings. The second-order valence-electron chi connectivity index (χ2n) is 3.20. The van der Waals surface area contributed by atoms with Gasteiger partial charge < -0.3 is 0 Å². The van der Waals surface area contributed by atoms with Crippen LogP contribution in [0, 0.1) is 5.92 Å². The molecule has 0 radical (unpaired) electrons. The Bertz CT molecular complexity index is 273. The zero-order chi connectivity index (χ0) is 9.14. The number of hydrogen-bond donors (Lipinski definition) is 0. The van der Waals surface area contributed by atoms with Gasteiger partial charge in [-0.25, -0.2) is 4.98 Å². The standard InChI is InChI=1S/C9H11BrClN/c1-6(2)3-7-4-8(11)5-12-9(7)10/h4-6H,3H2,1-2H3. The molecule has 0 N–H and O–H groups in total. The molecule has 0 aromatic carbocycles. The highest BCUT2D eigenvalue weighted by Gasteiger charge is 2.04. The van der Waals surface area contributed by atoms with Gasteiger partial charge in [-0.2, -0.15) is 0 Å². The average molecular weight is 249 g/mol. The van der Waals surface area contributed by atoms with E-state index >= 15 is 0 Å². The summed E-state index contributed by atoms with van der Waals surface area (Å²) in [5.74, 6) is 0.626. The Hall–Kier alpha value is -0.0800. The SMILES string of the molecule is CC(C)Cc1cc(Cl)cnc1Br. The highest BCUT2D eigenvalue weighted by atomic mass is 79.9. The van der Waals surface area contributed by atoms with Crippen molar-refractivity contribution >= 4 is 27.5 Å². The van der Waals surface area contributed by atoms with Crippen LogP contribution in [-0.4, -0.2) is 4.98 Å². The molecule has 3 heteroatoms. The first kappa shape index (κ1) is 10.0. The van der Waals surface area contributed by atoms with Crippen molar-refractivity contribution in [2.75, 3.05) is 0 Å². The lowest BCUT2D eigenvalue weighted by atomic mass is 10.1. The maximum Gasteiger partial charge on any atom is 0.109 e. The minimum Gasteiger partial charge on any atom is -0.248 e. The third-order valence-electron chi connectivity index (χ3n) is 1.51. The van der Waals surface area contributed by atoms with Crippen molar-refractivity contribution < 1.29 is 0 Å². The van der Waals surface area contributed by atoms with Crippen molar-refractivity contribution in [3.8, 4) is 0 Å². The van der Waals surface area contributed by atoms with Gasteiger partial charge in [-0.1, -0.05) is 25.4 Å². The fraction of sp³-hybridized carbons (Fsp3) is 0.444. The largest absolute Gasteiger partial charge is 0.248 e. The van der Waals surface area contributed by atoms with E-state index in [0.29, 0.717) is 10.9 Å². The molecule has 1 nitrogen and oxygen atoms in total. The van der Waals surface area contributed by atoms with E-state index in [2.05, 4.69) is 34.8 Å². The lowest BCUT2D eigenvalue weighted by Gasteiger charge is -2.06. The van der Waals surface area contributed by atoms with Crippen LogP contribution in [-0.2, 0) is 6.42 Å². The Morgan fingerprint density at radius 1 is 1.58 bits per heavy atom. The van der Waals surface area contributed by atoms with Crippen molar-refractivity contribution in [3.63, 3.8) is 0 Å². The number of halogens is 2. The molecule has 1 rings (SSSR count). The van der Waals surface area contributed by atoms with Crippen molar-refractivity contribution in [1.82, 2.24) is 4.98 Å². The van der Waals surface area contributed by atoms with Crippen LogP contribution in [0.5, 0.6) is 0 Å². The van der Waals surface area contributed by atoms with Crippen LogP contribution in [0.4, 0.5) is 0 Å². The number of hydrogen-bond acceptors (Lipinski definition) is 1. The summed E-state index contributed by atoms with van der Waals surface area (Å²) in [6.07, 6.45) is 2.66. The van der Waals surface area contributed by atoms with E-state index in [0.717, 1.165) is 11.0 Å². The molecule has 0 saturated carbocycles. The Balaban J connectivity index is 2.90. The second kappa shape index (κ2) is 4.24. The number of aromatic nitrogens is 1. The van der Waals surface area contributed by atoms with E-state index in [-0.39, 0.29) is 0 Å². The monoisotopic (exact) mass is 247 g/mol. The molecule has 1 heterocycles. The average Bonchev–Trinajstić information content (AvgIpc) is 1.96.